The summed E-state index contributed by atoms with van der Waals surface area (Å²) in [4.78, 5) is 0. The van der Waals surface area contributed by atoms with E-state index in [2.05, 4.69) is 19.7 Å². The summed E-state index contributed by atoms with van der Waals surface area (Å²) in [5.74, 6) is 0. The van der Waals surface area contributed by atoms with Crippen molar-refractivity contribution < 1.29 is 49.2 Å². The van der Waals surface area contributed by atoms with Crippen molar-refractivity contribution in [1.29, 1.82) is 0 Å². The first-order valence-corrected chi connectivity index (χ1v) is 7.01. The van der Waals surface area contributed by atoms with Gasteiger partial charge in [-0.15, -0.1) is 0 Å². The molecule has 0 saturated heterocycles. The Bertz CT molecular complexity index is 351. The number of hydrogen-bond donors (Lipinski definition) is 0. The number of allylic oxidation sites excluding steroid dienone is 7. The van der Waals surface area contributed by atoms with E-state index in [9.17, 15) is 0 Å². The van der Waals surface area contributed by atoms with Gasteiger partial charge in [0.1, 0.15) is 0 Å². The van der Waals surface area contributed by atoms with E-state index in [1.807, 2.05) is 18.2 Å². The second-order valence-electron chi connectivity index (χ2n) is 3.69. The fourth-order valence-electron chi connectivity index (χ4n) is 1.99. The summed E-state index contributed by atoms with van der Waals surface area (Å²) in [6.07, 6.45) is 10.2. The first-order valence-electron chi connectivity index (χ1n) is 5.22. The van der Waals surface area contributed by atoms with Gasteiger partial charge >= 0.3 is 108 Å². The standard InChI is InChI=1S/C14H17.2ClH.Hf/c1-4-7-12-10-11-13(8-5-2)14(12)9-6-3;;;/h4-6H,1-3,7-10H2;2*1H;/q;;;+2/p-2. The largest absolute Gasteiger partial charge is 1.00 e. The van der Waals surface area contributed by atoms with Crippen LogP contribution in [0.4, 0.5) is 0 Å². The summed E-state index contributed by atoms with van der Waals surface area (Å²) >= 11 is 1.16. The van der Waals surface area contributed by atoms with E-state index in [0.29, 0.717) is 0 Å². The van der Waals surface area contributed by atoms with Crippen LogP contribution in [-0.2, 0) is 24.4 Å². The predicted molar refractivity (Wildman–Crippen MR) is 63.1 cm³/mol. The molecular weight excluding hydrogens is 418 g/mol. The Kier molecular flexibility index (Phi) is 11.6. The van der Waals surface area contributed by atoms with Crippen molar-refractivity contribution in [1.82, 2.24) is 0 Å². The Balaban J connectivity index is 0. The third-order valence-electron chi connectivity index (χ3n) is 2.63. The molecule has 0 spiro atoms. The summed E-state index contributed by atoms with van der Waals surface area (Å²) in [5.41, 5.74) is 4.59. The van der Waals surface area contributed by atoms with Crippen LogP contribution in [0.3, 0.4) is 0 Å². The summed E-state index contributed by atoms with van der Waals surface area (Å²) in [6, 6.07) is 0. The third kappa shape index (κ3) is 5.11. The molecule has 0 bridgehead atoms. The molecule has 1 rings (SSSR count). The van der Waals surface area contributed by atoms with Crippen molar-refractivity contribution >= 4 is 0 Å². The quantitative estimate of drug-likeness (QED) is 0.343. The molecule has 3 heteroatoms. The van der Waals surface area contributed by atoms with Crippen LogP contribution in [0.15, 0.2) is 58.0 Å². The van der Waals surface area contributed by atoms with Crippen molar-refractivity contribution in [2.24, 2.45) is 0 Å². The van der Waals surface area contributed by atoms with Gasteiger partial charge in [0, 0.05) is 0 Å². The van der Waals surface area contributed by atoms with Crippen molar-refractivity contribution in [3.63, 3.8) is 0 Å². The molecule has 0 aliphatic heterocycles. The van der Waals surface area contributed by atoms with Gasteiger partial charge in [-0.25, -0.2) is 0 Å². The Morgan fingerprint density at radius 1 is 0.882 bits per heavy atom. The van der Waals surface area contributed by atoms with Gasteiger partial charge in [-0.1, -0.05) is 0 Å². The molecule has 0 saturated carbocycles. The zero-order valence-electron chi connectivity index (χ0n) is 9.94. The first kappa shape index (κ1) is 19.5. The summed E-state index contributed by atoms with van der Waals surface area (Å²) < 4.78 is 1.63. The first-order chi connectivity index (χ1) is 7.24. The van der Waals surface area contributed by atoms with Gasteiger partial charge in [0.2, 0.25) is 0 Å². The molecule has 91 valence electrons. The minimum atomic E-state index is 0. The van der Waals surface area contributed by atoms with E-state index in [-0.39, 0.29) is 24.8 Å². The fraction of sp³-hybridized carbons (Fsp3) is 0.286. The molecule has 0 atom stereocenters. The normalized spacial score (nSPS) is 14.0. The molecule has 0 unspecified atom stereocenters. The second-order valence-corrected chi connectivity index (χ2v) is 5.86. The van der Waals surface area contributed by atoms with Gasteiger partial charge in [0.25, 0.3) is 0 Å². The van der Waals surface area contributed by atoms with E-state index in [1.54, 1.807) is 8.90 Å². The van der Waals surface area contributed by atoms with Crippen LogP contribution in [0.25, 0.3) is 0 Å². The minimum Gasteiger partial charge on any atom is -1.00 e. The molecule has 17 heavy (non-hydrogen) atoms. The monoisotopic (exact) mass is 435 g/mol. The minimum absolute atomic E-state index is 0. The maximum Gasteiger partial charge on any atom is -1.00 e. The van der Waals surface area contributed by atoms with Gasteiger partial charge in [-0.05, 0) is 0 Å². The molecule has 0 amide bonds. The Hall–Kier alpha value is 0.150. The van der Waals surface area contributed by atoms with E-state index in [1.165, 1.54) is 17.6 Å². The van der Waals surface area contributed by atoms with E-state index < -0.39 is 0 Å². The molecule has 0 heterocycles. The van der Waals surface area contributed by atoms with Gasteiger partial charge in [0.15, 0.2) is 0 Å². The molecule has 0 nitrogen and oxygen atoms in total. The Labute approximate surface area is 132 Å². The van der Waals surface area contributed by atoms with Crippen molar-refractivity contribution in [2.45, 2.75) is 25.7 Å². The van der Waals surface area contributed by atoms with E-state index in [4.69, 9.17) is 0 Å². The molecule has 1 aliphatic carbocycles. The van der Waals surface area contributed by atoms with Crippen LogP contribution in [-0.4, -0.2) is 0 Å². The molecule has 0 aromatic carbocycles. The Morgan fingerprint density at radius 3 is 1.82 bits per heavy atom. The van der Waals surface area contributed by atoms with Gasteiger partial charge in [-0.3, -0.25) is 0 Å². The second kappa shape index (κ2) is 10.1. The average Bonchev–Trinajstić information content (AvgIpc) is 2.48. The molecular formula is C14H17Cl2Hf. The van der Waals surface area contributed by atoms with Crippen molar-refractivity contribution in [3.05, 3.63) is 58.0 Å². The van der Waals surface area contributed by atoms with Crippen LogP contribution < -0.4 is 24.8 Å². The van der Waals surface area contributed by atoms with E-state index >= 15 is 0 Å². The Morgan fingerprint density at radius 2 is 1.35 bits per heavy atom. The maximum absolute atomic E-state index is 3.84. The number of rotatable bonds is 6. The molecule has 0 aromatic rings. The van der Waals surface area contributed by atoms with Gasteiger partial charge in [-0.2, -0.15) is 0 Å². The molecule has 0 fully saturated rings. The van der Waals surface area contributed by atoms with E-state index in [0.717, 1.165) is 43.6 Å². The van der Waals surface area contributed by atoms with Gasteiger partial charge in [0.05, 0.1) is 0 Å². The number of hydrogen-bond acceptors (Lipinski definition) is 0. The summed E-state index contributed by atoms with van der Waals surface area (Å²) in [6.45, 7) is 11.5. The average molecular weight is 435 g/mol. The zero-order chi connectivity index (χ0) is 11.3. The summed E-state index contributed by atoms with van der Waals surface area (Å²) in [5, 5.41) is 0. The van der Waals surface area contributed by atoms with Crippen LogP contribution in [0, 0.1) is 0 Å². The predicted octanol–water partition coefficient (Wildman–Crippen LogP) is -1.78. The van der Waals surface area contributed by atoms with Crippen molar-refractivity contribution in [3.8, 4) is 0 Å². The number of halogens is 2. The molecule has 0 N–H and O–H groups in total. The SMILES string of the molecule is C=CCC1=C(CC=C)C(CC=C)=[C]([Hf+2])C1.[Cl-].[Cl-]. The molecule has 0 radical (unpaired) electrons. The zero-order valence-corrected chi connectivity index (χ0v) is 15.0. The van der Waals surface area contributed by atoms with Crippen LogP contribution in [0.2, 0.25) is 0 Å². The van der Waals surface area contributed by atoms with Crippen LogP contribution in [0.1, 0.15) is 25.7 Å². The van der Waals surface area contributed by atoms with Gasteiger partial charge < -0.3 is 24.8 Å². The van der Waals surface area contributed by atoms with Crippen LogP contribution in [0.5, 0.6) is 0 Å². The molecule has 0 aromatic heterocycles. The molecule has 1 aliphatic rings. The third-order valence-corrected chi connectivity index (χ3v) is 4.35. The fourth-order valence-corrected chi connectivity index (χ4v) is 3.67. The van der Waals surface area contributed by atoms with Crippen LogP contribution >= 0.6 is 0 Å². The maximum atomic E-state index is 3.84. The topological polar surface area (TPSA) is 0 Å². The summed E-state index contributed by atoms with van der Waals surface area (Å²) in [7, 11) is 0. The van der Waals surface area contributed by atoms with Crippen molar-refractivity contribution in [2.75, 3.05) is 0 Å². The smallest absolute Gasteiger partial charge is 1.00 e.